The lowest BCUT2D eigenvalue weighted by atomic mass is 10.1. The van der Waals surface area contributed by atoms with E-state index in [-0.39, 0.29) is 0 Å². The summed E-state index contributed by atoms with van der Waals surface area (Å²) in [6, 6.07) is 17.8. The van der Waals surface area contributed by atoms with Crippen molar-refractivity contribution < 1.29 is 0 Å². The summed E-state index contributed by atoms with van der Waals surface area (Å²) in [6.45, 7) is 4.04. The molecular formula is C22H22N6. The fourth-order valence-corrected chi connectivity index (χ4v) is 2.85. The second-order valence-electron chi connectivity index (χ2n) is 6.40. The van der Waals surface area contributed by atoms with Gasteiger partial charge in [-0.25, -0.2) is 4.98 Å². The summed E-state index contributed by atoms with van der Waals surface area (Å²) in [7, 11) is 4.03. The zero-order chi connectivity index (χ0) is 19.9. The van der Waals surface area contributed by atoms with Crippen molar-refractivity contribution >= 4 is 24.3 Å². The van der Waals surface area contributed by atoms with Gasteiger partial charge < -0.3 is 14.8 Å². The van der Waals surface area contributed by atoms with E-state index in [4.69, 9.17) is 0 Å². The van der Waals surface area contributed by atoms with Crippen LogP contribution in [0.25, 0.3) is 17.5 Å². The zero-order valence-electron chi connectivity index (χ0n) is 16.0. The van der Waals surface area contributed by atoms with E-state index >= 15 is 0 Å². The fraction of sp³-hybridized carbons (Fsp3) is 0.136. The molecule has 0 saturated heterocycles. The Labute approximate surface area is 165 Å². The molecule has 0 amide bonds. The maximum absolute atomic E-state index is 9.17. The van der Waals surface area contributed by atoms with E-state index in [1.54, 1.807) is 18.5 Å². The van der Waals surface area contributed by atoms with Gasteiger partial charge in [-0.15, -0.1) is 0 Å². The molecule has 0 atom stereocenters. The monoisotopic (exact) mass is 370 g/mol. The first kappa shape index (κ1) is 18.9. The first-order valence-corrected chi connectivity index (χ1v) is 8.83. The van der Waals surface area contributed by atoms with Gasteiger partial charge in [0, 0.05) is 43.4 Å². The zero-order valence-corrected chi connectivity index (χ0v) is 16.0. The molecule has 3 rings (SSSR count). The molecule has 1 heterocycles. The molecule has 0 bridgehead atoms. The average molecular weight is 370 g/mol. The van der Waals surface area contributed by atoms with Crippen molar-refractivity contribution in [1.29, 1.82) is 5.26 Å². The molecule has 1 aromatic heterocycles. The summed E-state index contributed by atoms with van der Waals surface area (Å²) in [6.07, 6.45) is 5.24. The van der Waals surface area contributed by atoms with Gasteiger partial charge in [0.2, 0.25) is 0 Å². The van der Waals surface area contributed by atoms with E-state index in [0.717, 1.165) is 28.5 Å². The standard InChI is InChI=1S/C22H22N6/c1-24-10-11-28-21(18-7-4-6-17(12-18)14-23)15-26-22(28)16-25-19-8-5-9-20(13-19)27(2)3/h4-13,15,25H,1,16H2,2-3H3/b11-10-. The van der Waals surface area contributed by atoms with Gasteiger partial charge in [-0.2, -0.15) is 5.26 Å². The topological polar surface area (TPSA) is 69.2 Å². The van der Waals surface area contributed by atoms with Crippen molar-refractivity contribution in [2.45, 2.75) is 6.54 Å². The van der Waals surface area contributed by atoms with Gasteiger partial charge in [0.25, 0.3) is 0 Å². The maximum Gasteiger partial charge on any atom is 0.132 e. The number of aliphatic imine (C=N–C) groups is 1. The molecule has 1 N–H and O–H groups in total. The number of nitrogens with zero attached hydrogens (tertiary/aromatic N) is 5. The van der Waals surface area contributed by atoms with Crippen molar-refractivity contribution in [2.75, 3.05) is 24.3 Å². The lowest BCUT2D eigenvalue weighted by molar-refractivity contribution is 0.934. The Morgan fingerprint density at radius 1 is 1.25 bits per heavy atom. The van der Waals surface area contributed by atoms with Crippen LogP contribution in [0.4, 0.5) is 11.4 Å². The van der Waals surface area contributed by atoms with Crippen LogP contribution >= 0.6 is 0 Å². The van der Waals surface area contributed by atoms with Crippen molar-refractivity contribution in [3.63, 3.8) is 0 Å². The summed E-state index contributed by atoms with van der Waals surface area (Å²) in [5, 5.41) is 12.6. The summed E-state index contributed by atoms with van der Waals surface area (Å²) in [4.78, 5) is 10.4. The minimum atomic E-state index is 0.538. The minimum Gasteiger partial charge on any atom is -0.378 e. The Hall–Kier alpha value is -3.85. The number of anilines is 2. The van der Waals surface area contributed by atoms with Crippen LogP contribution in [0.2, 0.25) is 0 Å². The molecule has 3 aromatic rings. The molecule has 0 aliphatic rings. The molecule has 0 spiro atoms. The highest BCUT2D eigenvalue weighted by Crippen LogP contribution is 2.24. The van der Waals surface area contributed by atoms with Crippen molar-refractivity contribution in [3.8, 4) is 17.3 Å². The van der Waals surface area contributed by atoms with Crippen LogP contribution in [-0.2, 0) is 6.54 Å². The summed E-state index contributed by atoms with van der Waals surface area (Å²) < 4.78 is 1.95. The van der Waals surface area contributed by atoms with Crippen LogP contribution < -0.4 is 10.2 Å². The Balaban J connectivity index is 1.90. The highest BCUT2D eigenvalue weighted by Gasteiger charge is 2.11. The molecule has 0 saturated carbocycles. The third-order valence-electron chi connectivity index (χ3n) is 4.30. The van der Waals surface area contributed by atoms with Crippen LogP contribution in [0.15, 0.2) is 65.9 Å². The SMILES string of the molecule is C=N/C=C\n1c(-c2cccc(C#N)c2)cnc1CNc1cccc(N(C)C)c1. The number of nitriles is 1. The number of imidazole rings is 1. The summed E-state index contributed by atoms with van der Waals surface area (Å²) in [5.41, 5.74) is 4.55. The Morgan fingerprint density at radius 2 is 2.07 bits per heavy atom. The average Bonchev–Trinajstić information content (AvgIpc) is 3.13. The van der Waals surface area contributed by atoms with Gasteiger partial charge in [0.05, 0.1) is 30.1 Å². The van der Waals surface area contributed by atoms with E-state index in [1.165, 1.54) is 0 Å². The molecule has 6 heteroatoms. The van der Waals surface area contributed by atoms with E-state index in [0.29, 0.717) is 12.1 Å². The summed E-state index contributed by atoms with van der Waals surface area (Å²) in [5.74, 6) is 0.826. The number of hydrogen-bond acceptors (Lipinski definition) is 5. The molecule has 0 aliphatic carbocycles. The molecular weight excluding hydrogens is 348 g/mol. The van der Waals surface area contributed by atoms with Gasteiger partial charge in [0.15, 0.2) is 0 Å². The minimum absolute atomic E-state index is 0.538. The van der Waals surface area contributed by atoms with Gasteiger partial charge in [-0.05, 0) is 37.0 Å². The van der Waals surface area contributed by atoms with E-state index < -0.39 is 0 Å². The molecule has 2 aromatic carbocycles. The van der Waals surface area contributed by atoms with E-state index in [2.05, 4.69) is 45.1 Å². The highest BCUT2D eigenvalue weighted by molar-refractivity contribution is 5.64. The second-order valence-corrected chi connectivity index (χ2v) is 6.40. The van der Waals surface area contributed by atoms with Gasteiger partial charge in [0.1, 0.15) is 5.82 Å². The van der Waals surface area contributed by atoms with Crippen LogP contribution in [0.3, 0.4) is 0 Å². The lowest BCUT2D eigenvalue weighted by Gasteiger charge is -2.14. The largest absolute Gasteiger partial charge is 0.378 e. The van der Waals surface area contributed by atoms with Crippen LogP contribution in [-0.4, -0.2) is 30.4 Å². The Kier molecular flexibility index (Phi) is 5.87. The van der Waals surface area contributed by atoms with Gasteiger partial charge in [-0.1, -0.05) is 18.2 Å². The van der Waals surface area contributed by atoms with Crippen molar-refractivity contribution in [1.82, 2.24) is 9.55 Å². The van der Waals surface area contributed by atoms with Crippen LogP contribution in [0.1, 0.15) is 11.4 Å². The molecule has 0 radical (unpaired) electrons. The van der Waals surface area contributed by atoms with Gasteiger partial charge >= 0.3 is 0 Å². The predicted molar refractivity (Wildman–Crippen MR) is 115 cm³/mol. The smallest absolute Gasteiger partial charge is 0.132 e. The van der Waals surface area contributed by atoms with Crippen molar-refractivity contribution in [2.24, 2.45) is 4.99 Å². The molecule has 28 heavy (non-hydrogen) atoms. The Morgan fingerprint density at radius 3 is 2.82 bits per heavy atom. The van der Waals surface area contributed by atoms with Crippen LogP contribution in [0, 0.1) is 11.3 Å². The number of hydrogen-bond donors (Lipinski definition) is 1. The highest BCUT2D eigenvalue weighted by atomic mass is 15.1. The third kappa shape index (κ3) is 4.27. The fourth-order valence-electron chi connectivity index (χ4n) is 2.85. The maximum atomic E-state index is 9.17. The molecule has 6 nitrogen and oxygen atoms in total. The third-order valence-corrected chi connectivity index (χ3v) is 4.30. The van der Waals surface area contributed by atoms with Gasteiger partial charge in [-0.3, -0.25) is 4.99 Å². The normalized spacial score (nSPS) is 10.6. The molecule has 0 aliphatic heterocycles. The first-order chi connectivity index (χ1) is 13.6. The first-order valence-electron chi connectivity index (χ1n) is 8.83. The van der Waals surface area contributed by atoms with E-state index in [9.17, 15) is 5.26 Å². The Bertz CT molecular complexity index is 1040. The quantitative estimate of drug-likeness (QED) is 0.632. The van der Waals surface area contributed by atoms with Crippen molar-refractivity contribution in [3.05, 3.63) is 72.3 Å². The van der Waals surface area contributed by atoms with E-state index in [1.807, 2.05) is 55.2 Å². The summed E-state index contributed by atoms with van der Waals surface area (Å²) >= 11 is 0. The predicted octanol–water partition coefficient (Wildman–Crippen LogP) is 4.23. The number of aromatic nitrogens is 2. The molecule has 0 unspecified atom stereocenters. The lowest BCUT2D eigenvalue weighted by Crippen LogP contribution is -2.10. The molecule has 140 valence electrons. The number of benzene rings is 2. The molecule has 0 fully saturated rings. The number of rotatable bonds is 7. The van der Waals surface area contributed by atoms with Crippen LogP contribution in [0.5, 0.6) is 0 Å². The number of nitrogens with one attached hydrogen (secondary N) is 1. The second kappa shape index (κ2) is 8.69.